The molecule has 3 N–H and O–H groups in total. The Morgan fingerprint density at radius 1 is 1.00 bits per heavy atom. The average molecular weight is 917 g/mol. The number of hydrogen-bond acceptors (Lipinski definition) is 12. The molecule has 10 rings (SSSR count). The minimum Gasteiger partial charge on any atom is -0.489 e. The molecule has 348 valence electrons. The van der Waals surface area contributed by atoms with Crippen molar-refractivity contribution in [1.82, 2.24) is 24.5 Å². The Morgan fingerprint density at radius 3 is 2.53 bits per heavy atom. The van der Waals surface area contributed by atoms with E-state index in [1.165, 1.54) is 42.9 Å². The Balaban J connectivity index is 0.863. The molecule has 1 amide bonds. The van der Waals surface area contributed by atoms with E-state index in [0.29, 0.717) is 34.8 Å². The number of aromatic amines is 1. The maximum Gasteiger partial charge on any atom is 0.297 e. The van der Waals surface area contributed by atoms with Gasteiger partial charge in [0.2, 0.25) is 0 Å². The first-order valence-corrected chi connectivity index (χ1v) is 25.0. The molecule has 3 aromatic carbocycles. The van der Waals surface area contributed by atoms with Crippen molar-refractivity contribution in [3.05, 3.63) is 106 Å². The van der Waals surface area contributed by atoms with E-state index in [9.17, 15) is 23.3 Å². The number of anilines is 2. The van der Waals surface area contributed by atoms with Crippen molar-refractivity contribution in [1.29, 1.82) is 0 Å². The molecule has 6 heterocycles. The van der Waals surface area contributed by atoms with E-state index in [1.807, 2.05) is 19.1 Å². The van der Waals surface area contributed by atoms with Gasteiger partial charge in [-0.1, -0.05) is 38.1 Å². The van der Waals surface area contributed by atoms with Crippen molar-refractivity contribution in [3.8, 4) is 17.2 Å². The number of fused-ring (bicyclic) bond motifs is 2. The van der Waals surface area contributed by atoms with E-state index in [2.05, 4.69) is 79.9 Å². The number of nitrogens with one attached hydrogen (secondary N) is 3. The van der Waals surface area contributed by atoms with Gasteiger partial charge in [0.15, 0.2) is 11.4 Å². The number of likely N-dealkylation sites (tertiary alicyclic amines) is 2. The molecule has 1 spiro atoms. The highest BCUT2D eigenvalue weighted by molar-refractivity contribution is 7.90. The van der Waals surface area contributed by atoms with Crippen LogP contribution in [-0.2, 0) is 10.0 Å². The van der Waals surface area contributed by atoms with Crippen LogP contribution in [0, 0.1) is 21.4 Å². The van der Waals surface area contributed by atoms with Gasteiger partial charge in [-0.25, -0.2) is 18.1 Å². The van der Waals surface area contributed by atoms with Gasteiger partial charge in [-0.05, 0) is 138 Å². The van der Waals surface area contributed by atoms with Crippen LogP contribution in [0.1, 0.15) is 106 Å². The number of amides is 1. The van der Waals surface area contributed by atoms with E-state index in [-0.39, 0.29) is 35.3 Å². The first kappa shape index (κ1) is 44.1. The Morgan fingerprint density at radius 2 is 1.77 bits per heavy atom. The topological polar surface area (TPSA) is 175 Å². The molecule has 1 unspecified atom stereocenters. The number of carbonyl (C=O) groups excluding carboxylic acids is 1. The quantitative estimate of drug-likeness (QED) is 0.0849. The van der Waals surface area contributed by atoms with E-state index in [4.69, 9.17) is 9.47 Å². The maximum atomic E-state index is 14.1. The van der Waals surface area contributed by atoms with Gasteiger partial charge in [-0.2, -0.15) is 0 Å². The first-order chi connectivity index (χ1) is 31.7. The predicted molar refractivity (Wildman–Crippen MR) is 254 cm³/mol. The summed E-state index contributed by atoms with van der Waals surface area (Å²) >= 11 is 0. The van der Waals surface area contributed by atoms with E-state index in [0.717, 1.165) is 75.5 Å². The van der Waals surface area contributed by atoms with Crippen molar-refractivity contribution < 1.29 is 27.6 Å². The summed E-state index contributed by atoms with van der Waals surface area (Å²) in [5.74, 6) is 0.301. The van der Waals surface area contributed by atoms with Gasteiger partial charge in [0.25, 0.3) is 21.6 Å². The third kappa shape index (κ3) is 8.36. The number of aromatic nitrogens is 2. The van der Waals surface area contributed by atoms with Crippen LogP contribution >= 0.6 is 0 Å². The fraction of sp³-hybridized carbons (Fsp3) is 0.480. The fourth-order valence-electron chi connectivity index (χ4n) is 11.6. The summed E-state index contributed by atoms with van der Waals surface area (Å²) in [6, 6.07) is 21.1. The van der Waals surface area contributed by atoms with Crippen molar-refractivity contribution in [2.75, 3.05) is 56.6 Å². The summed E-state index contributed by atoms with van der Waals surface area (Å²) in [5, 5.41) is 16.6. The average Bonchev–Trinajstić information content (AvgIpc) is 3.98. The van der Waals surface area contributed by atoms with Gasteiger partial charge in [-0.3, -0.25) is 19.8 Å². The third-order valence-corrected chi connectivity index (χ3v) is 16.7. The number of nitrogens with zero attached hydrogens (tertiary/aromatic N) is 5. The van der Waals surface area contributed by atoms with Crippen LogP contribution < -0.4 is 24.4 Å². The Kier molecular flexibility index (Phi) is 11.5. The highest BCUT2D eigenvalue weighted by atomic mass is 32.2. The van der Waals surface area contributed by atoms with Gasteiger partial charge < -0.3 is 29.6 Å². The van der Waals surface area contributed by atoms with E-state index >= 15 is 0 Å². The van der Waals surface area contributed by atoms with Crippen molar-refractivity contribution in [2.24, 2.45) is 11.3 Å². The summed E-state index contributed by atoms with van der Waals surface area (Å²) in [7, 11) is -2.58. The molecule has 5 aliphatic rings. The standard InChI is InChI=1S/C50H60N8O7S/c1-32(2)39-8-5-6-9-40(39)42-10-7-19-57(42)36-28-50(29-36)16-22-56(23-17-50)35-11-12-41(44(25-35)65-37-24-33-13-18-51-47(33)52-30-37)48(59)54-66(62,63)38-26-43(58(60)61)46-45(27-38)64-31-49(3,53-46)34-14-20-55(4)21-15-34/h5-6,8-9,11-13,18,24-27,30,32,34,36,42,53H,7,10,14-17,19-23,28-29,31H2,1-4H3,(H,51,52)(H,54,59)/t42-,49?/m0/s1. The minimum absolute atomic E-state index is 0.0229. The molecule has 2 atom stereocenters. The second-order valence-electron chi connectivity index (χ2n) is 20.0. The highest BCUT2D eigenvalue weighted by Gasteiger charge is 2.50. The lowest BCUT2D eigenvalue weighted by molar-refractivity contribution is -0.384. The van der Waals surface area contributed by atoms with E-state index < -0.39 is 37.0 Å². The van der Waals surface area contributed by atoms with Crippen LogP contribution in [0.4, 0.5) is 17.1 Å². The normalized spacial score (nSPS) is 22.7. The molecule has 3 saturated heterocycles. The second kappa shape index (κ2) is 17.2. The Bertz CT molecular complexity index is 2770. The second-order valence-corrected chi connectivity index (χ2v) is 21.7. The molecule has 2 aromatic heterocycles. The highest BCUT2D eigenvalue weighted by Crippen LogP contribution is 2.54. The fourth-order valence-corrected chi connectivity index (χ4v) is 12.6. The smallest absolute Gasteiger partial charge is 0.297 e. The molecule has 1 aliphatic carbocycles. The molecular formula is C50H60N8O7S. The molecule has 15 nitrogen and oxygen atoms in total. The van der Waals surface area contributed by atoms with Crippen LogP contribution in [0.25, 0.3) is 11.0 Å². The minimum atomic E-state index is -4.64. The molecule has 66 heavy (non-hydrogen) atoms. The SMILES string of the molecule is CC(C)c1ccccc1[C@@H]1CCCN1C1CC2(CCN(c3ccc(C(=O)NS(=O)(=O)c4cc5c(c([N+](=O)[O-])c4)NC(C)(C4CCN(C)CC4)CO5)c(Oc4cnc5[nH]ccc5c4)c3)CC2)C1. The number of sulfonamides is 1. The summed E-state index contributed by atoms with van der Waals surface area (Å²) in [6.45, 7) is 11.4. The number of benzene rings is 3. The van der Waals surface area contributed by atoms with Gasteiger partial charge in [0, 0.05) is 60.6 Å². The number of carbonyl (C=O) groups is 1. The van der Waals surface area contributed by atoms with Crippen molar-refractivity contribution in [2.45, 2.75) is 101 Å². The van der Waals surface area contributed by atoms with Crippen LogP contribution in [0.15, 0.2) is 84.0 Å². The molecule has 16 heteroatoms. The zero-order valence-corrected chi connectivity index (χ0v) is 39.0. The zero-order chi connectivity index (χ0) is 46.0. The number of pyridine rings is 1. The predicted octanol–water partition coefficient (Wildman–Crippen LogP) is 9.00. The first-order valence-electron chi connectivity index (χ1n) is 23.5. The molecular weight excluding hydrogens is 857 g/mol. The lowest BCUT2D eigenvalue weighted by Crippen LogP contribution is -2.54. The van der Waals surface area contributed by atoms with Gasteiger partial charge in [0.1, 0.15) is 23.8 Å². The molecule has 5 aromatic rings. The van der Waals surface area contributed by atoms with Crippen molar-refractivity contribution in [3.63, 3.8) is 0 Å². The number of piperidine rings is 2. The van der Waals surface area contributed by atoms with Crippen LogP contribution in [0.3, 0.4) is 0 Å². The third-order valence-electron chi connectivity index (χ3n) is 15.4. The lowest BCUT2D eigenvalue weighted by atomic mass is 9.59. The lowest BCUT2D eigenvalue weighted by Gasteiger charge is -2.56. The summed E-state index contributed by atoms with van der Waals surface area (Å²) < 4.78 is 42.7. The number of nitro groups is 1. The van der Waals surface area contributed by atoms with Gasteiger partial charge in [-0.15, -0.1) is 0 Å². The number of rotatable bonds is 11. The number of H-pyrrole nitrogens is 1. The van der Waals surface area contributed by atoms with Gasteiger partial charge >= 0.3 is 0 Å². The molecule has 1 saturated carbocycles. The van der Waals surface area contributed by atoms with E-state index in [1.54, 1.807) is 30.6 Å². The summed E-state index contributed by atoms with van der Waals surface area (Å²) in [6.07, 6.45) is 12.1. The van der Waals surface area contributed by atoms with Crippen LogP contribution in [0.2, 0.25) is 0 Å². The Labute approximate surface area is 386 Å². The molecule has 4 fully saturated rings. The van der Waals surface area contributed by atoms with Crippen molar-refractivity contribution >= 4 is 44.0 Å². The molecule has 0 bridgehead atoms. The van der Waals surface area contributed by atoms with Crippen LogP contribution in [-0.4, -0.2) is 97.0 Å². The monoisotopic (exact) mass is 916 g/mol. The zero-order valence-electron chi connectivity index (χ0n) is 38.2. The number of nitro benzene ring substituents is 1. The molecule has 4 aliphatic heterocycles. The Hall–Kier alpha value is -5.71. The maximum absolute atomic E-state index is 14.1. The van der Waals surface area contributed by atoms with Crippen LogP contribution in [0.5, 0.6) is 17.2 Å². The summed E-state index contributed by atoms with van der Waals surface area (Å²) in [5.41, 5.74) is 3.86. The van der Waals surface area contributed by atoms with Gasteiger partial charge in [0.05, 0.1) is 27.1 Å². The largest absolute Gasteiger partial charge is 0.489 e. The number of ether oxygens (including phenoxy) is 2. The summed E-state index contributed by atoms with van der Waals surface area (Å²) in [4.78, 5) is 40.4. The molecule has 0 radical (unpaired) electrons. The number of hydrogen-bond donors (Lipinski definition) is 3.